The minimum atomic E-state index is -0.180. The summed E-state index contributed by atoms with van der Waals surface area (Å²) in [4.78, 5) is 2.51. The number of rotatable bonds is 3. The van der Waals surface area contributed by atoms with Crippen LogP contribution in [0.5, 0.6) is 0 Å². The molecule has 20 heavy (non-hydrogen) atoms. The standard InChI is InChI=1S/C16H22BrFN2/c1-16(13-4-5-13)11-20(8-2-7-19-16)10-12-3-6-14(18)9-15(12)17/h3,6,9,13,19H,2,4-5,7-8,10-11H2,1H3. The average Bonchev–Trinajstić information content (AvgIpc) is 3.21. The summed E-state index contributed by atoms with van der Waals surface area (Å²) in [5, 5.41) is 3.75. The van der Waals surface area contributed by atoms with Crippen molar-refractivity contribution < 1.29 is 4.39 Å². The van der Waals surface area contributed by atoms with Crippen LogP contribution >= 0.6 is 15.9 Å². The molecule has 1 saturated carbocycles. The van der Waals surface area contributed by atoms with Gasteiger partial charge < -0.3 is 5.32 Å². The summed E-state index contributed by atoms with van der Waals surface area (Å²) < 4.78 is 14.1. The van der Waals surface area contributed by atoms with Crippen LogP contribution in [0.15, 0.2) is 22.7 Å². The number of benzene rings is 1. The van der Waals surface area contributed by atoms with Crippen LogP contribution in [0.3, 0.4) is 0 Å². The molecular formula is C16H22BrFN2. The van der Waals surface area contributed by atoms with Crippen LogP contribution in [0, 0.1) is 11.7 Å². The van der Waals surface area contributed by atoms with Crippen molar-refractivity contribution in [2.45, 2.75) is 38.3 Å². The second kappa shape index (κ2) is 5.74. The fourth-order valence-corrected chi connectivity index (χ4v) is 3.77. The van der Waals surface area contributed by atoms with Crippen LogP contribution in [0.4, 0.5) is 4.39 Å². The molecule has 0 spiro atoms. The zero-order valence-electron chi connectivity index (χ0n) is 12.0. The maximum Gasteiger partial charge on any atom is 0.124 e. The van der Waals surface area contributed by atoms with Crippen molar-refractivity contribution in [1.29, 1.82) is 0 Å². The van der Waals surface area contributed by atoms with E-state index in [4.69, 9.17) is 0 Å². The molecule has 4 heteroatoms. The summed E-state index contributed by atoms with van der Waals surface area (Å²) in [6.07, 6.45) is 3.90. The molecule has 2 aliphatic rings. The normalized spacial score (nSPS) is 28.4. The van der Waals surface area contributed by atoms with Crippen LogP contribution in [0.2, 0.25) is 0 Å². The Kier molecular flexibility index (Phi) is 4.16. The highest BCUT2D eigenvalue weighted by Gasteiger charge is 2.42. The molecule has 1 N–H and O–H groups in total. The second-order valence-electron chi connectivity index (χ2n) is 6.42. The minimum absolute atomic E-state index is 0.180. The molecule has 0 amide bonds. The van der Waals surface area contributed by atoms with Crippen LogP contribution < -0.4 is 5.32 Å². The van der Waals surface area contributed by atoms with E-state index in [1.807, 2.05) is 6.07 Å². The van der Waals surface area contributed by atoms with Gasteiger partial charge in [-0.25, -0.2) is 4.39 Å². The summed E-state index contributed by atoms with van der Waals surface area (Å²) in [7, 11) is 0. The molecule has 2 nitrogen and oxygen atoms in total. The maximum atomic E-state index is 13.2. The molecule has 1 aliphatic heterocycles. The van der Waals surface area contributed by atoms with Gasteiger partial charge in [0.15, 0.2) is 0 Å². The Balaban J connectivity index is 1.72. The van der Waals surface area contributed by atoms with Gasteiger partial charge in [0.05, 0.1) is 0 Å². The molecule has 1 heterocycles. The van der Waals surface area contributed by atoms with Crippen molar-refractivity contribution in [3.63, 3.8) is 0 Å². The van der Waals surface area contributed by atoms with Gasteiger partial charge in [-0.05, 0) is 62.9 Å². The second-order valence-corrected chi connectivity index (χ2v) is 7.27. The lowest BCUT2D eigenvalue weighted by molar-refractivity contribution is 0.194. The molecule has 1 saturated heterocycles. The van der Waals surface area contributed by atoms with Crippen LogP contribution in [-0.2, 0) is 6.54 Å². The van der Waals surface area contributed by atoms with Gasteiger partial charge in [-0.3, -0.25) is 4.90 Å². The third-order valence-electron chi connectivity index (χ3n) is 4.62. The fourth-order valence-electron chi connectivity index (χ4n) is 3.30. The van der Waals surface area contributed by atoms with Crippen molar-refractivity contribution in [3.05, 3.63) is 34.1 Å². The monoisotopic (exact) mass is 340 g/mol. The SMILES string of the molecule is CC1(C2CC2)CN(Cc2ccc(F)cc2Br)CCCN1. The van der Waals surface area contributed by atoms with Crippen molar-refractivity contribution >= 4 is 15.9 Å². The summed E-state index contributed by atoms with van der Waals surface area (Å²) in [5.41, 5.74) is 1.43. The molecule has 1 unspecified atom stereocenters. The lowest BCUT2D eigenvalue weighted by Crippen LogP contribution is -2.50. The third-order valence-corrected chi connectivity index (χ3v) is 5.36. The van der Waals surface area contributed by atoms with Crippen LogP contribution in [0.1, 0.15) is 31.7 Å². The molecule has 1 aromatic carbocycles. The van der Waals surface area contributed by atoms with Gasteiger partial charge in [-0.2, -0.15) is 0 Å². The molecule has 1 aromatic rings. The third kappa shape index (κ3) is 3.23. The predicted octanol–water partition coefficient (Wildman–Crippen LogP) is 3.55. The van der Waals surface area contributed by atoms with Gasteiger partial charge in [0.1, 0.15) is 5.82 Å². The summed E-state index contributed by atoms with van der Waals surface area (Å²) in [6, 6.07) is 5.01. The molecule has 1 atom stereocenters. The molecule has 0 aromatic heterocycles. The molecule has 0 bridgehead atoms. The zero-order valence-corrected chi connectivity index (χ0v) is 13.5. The van der Waals surface area contributed by atoms with Crippen molar-refractivity contribution in [3.8, 4) is 0 Å². The first kappa shape index (κ1) is 14.5. The Hall–Kier alpha value is -0.450. The van der Waals surface area contributed by atoms with Crippen molar-refractivity contribution in [2.24, 2.45) is 5.92 Å². The Morgan fingerprint density at radius 3 is 2.95 bits per heavy atom. The number of halogens is 2. The zero-order chi connectivity index (χ0) is 14.2. The number of hydrogen-bond donors (Lipinski definition) is 1. The fraction of sp³-hybridized carbons (Fsp3) is 0.625. The van der Waals surface area contributed by atoms with Gasteiger partial charge in [0.25, 0.3) is 0 Å². The molecule has 3 rings (SSSR count). The number of hydrogen-bond acceptors (Lipinski definition) is 2. The average molecular weight is 341 g/mol. The summed E-state index contributed by atoms with van der Waals surface area (Å²) in [5.74, 6) is 0.653. The lowest BCUT2D eigenvalue weighted by Gasteiger charge is -2.34. The van der Waals surface area contributed by atoms with Gasteiger partial charge >= 0.3 is 0 Å². The van der Waals surface area contributed by atoms with E-state index in [1.165, 1.54) is 24.8 Å². The highest BCUT2D eigenvalue weighted by Crippen LogP contribution is 2.40. The van der Waals surface area contributed by atoms with E-state index in [-0.39, 0.29) is 11.4 Å². The first-order chi connectivity index (χ1) is 9.57. The predicted molar refractivity (Wildman–Crippen MR) is 83.1 cm³/mol. The van der Waals surface area contributed by atoms with Crippen LogP contribution in [-0.4, -0.2) is 30.1 Å². The Morgan fingerprint density at radius 1 is 1.45 bits per heavy atom. The quantitative estimate of drug-likeness (QED) is 0.905. The van der Waals surface area contributed by atoms with E-state index in [0.29, 0.717) is 0 Å². The molecule has 1 aliphatic carbocycles. The Bertz CT molecular complexity index is 489. The van der Waals surface area contributed by atoms with Crippen LogP contribution in [0.25, 0.3) is 0 Å². The largest absolute Gasteiger partial charge is 0.310 e. The van der Waals surface area contributed by atoms with E-state index in [9.17, 15) is 4.39 Å². The van der Waals surface area contributed by atoms with Gasteiger partial charge in [-0.15, -0.1) is 0 Å². The minimum Gasteiger partial charge on any atom is -0.310 e. The highest BCUT2D eigenvalue weighted by molar-refractivity contribution is 9.10. The van der Waals surface area contributed by atoms with E-state index >= 15 is 0 Å². The first-order valence-electron chi connectivity index (χ1n) is 7.48. The Morgan fingerprint density at radius 2 is 2.25 bits per heavy atom. The molecule has 0 radical (unpaired) electrons. The first-order valence-corrected chi connectivity index (χ1v) is 8.27. The summed E-state index contributed by atoms with van der Waals surface area (Å²) >= 11 is 3.48. The molecule has 2 fully saturated rings. The van der Waals surface area contributed by atoms with E-state index in [1.54, 1.807) is 12.1 Å². The Labute approximate surface area is 128 Å². The molecule has 110 valence electrons. The number of nitrogens with zero attached hydrogens (tertiary/aromatic N) is 1. The topological polar surface area (TPSA) is 15.3 Å². The van der Waals surface area contributed by atoms with Crippen molar-refractivity contribution in [1.82, 2.24) is 10.2 Å². The van der Waals surface area contributed by atoms with E-state index < -0.39 is 0 Å². The number of nitrogens with one attached hydrogen (secondary N) is 1. The van der Waals surface area contributed by atoms with Gasteiger partial charge in [0.2, 0.25) is 0 Å². The molecular weight excluding hydrogens is 319 g/mol. The van der Waals surface area contributed by atoms with Crippen molar-refractivity contribution in [2.75, 3.05) is 19.6 Å². The highest BCUT2D eigenvalue weighted by atomic mass is 79.9. The van der Waals surface area contributed by atoms with E-state index in [2.05, 4.69) is 33.1 Å². The lowest BCUT2D eigenvalue weighted by atomic mass is 9.95. The van der Waals surface area contributed by atoms with Gasteiger partial charge in [0, 0.05) is 23.1 Å². The summed E-state index contributed by atoms with van der Waals surface area (Å²) in [6.45, 7) is 6.56. The smallest absolute Gasteiger partial charge is 0.124 e. The van der Waals surface area contributed by atoms with E-state index in [0.717, 1.165) is 36.6 Å². The maximum absolute atomic E-state index is 13.2. The van der Waals surface area contributed by atoms with Gasteiger partial charge in [-0.1, -0.05) is 22.0 Å².